The highest BCUT2D eigenvalue weighted by Crippen LogP contribution is 2.23. The maximum absolute atomic E-state index is 12.2. The predicted molar refractivity (Wildman–Crippen MR) is 113 cm³/mol. The molecule has 1 aromatic heterocycles. The molecule has 1 fully saturated rings. The number of hydrogen-bond acceptors (Lipinski definition) is 4. The van der Waals surface area contributed by atoms with E-state index in [4.69, 9.17) is 4.74 Å². The van der Waals surface area contributed by atoms with Crippen LogP contribution in [-0.4, -0.2) is 23.4 Å². The van der Waals surface area contributed by atoms with Crippen molar-refractivity contribution in [3.8, 4) is 0 Å². The van der Waals surface area contributed by atoms with Gasteiger partial charge in [-0.05, 0) is 49.2 Å². The van der Waals surface area contributed by atoms with Crippen molar-refractivity contribution in [3.05, 3.63) is 78.0 Å². The number of para-hydroxylation sites is 1. The summed E-state index contributed by atoms with van der Waals surface area (Å²) in [5.74, 6) is -0.251. The van der Waals surface area contributed by atoms with Crippen molar-refractivity contribution in [2.24, 2.45) is 0 Å². The average molecular weight is 386 g/mol. The summed E-state index contributed by atoms with van der Waals surface area (Å²) in [4.78, 5) is 30.2. The normalized spacial score (nSPS) is 15.2. The van der Waals surface area contributed by atoms with Crippen molar-refractivity contribution < 1.29 is 14.3 Å². The fraction of sp³-hybridized carbons (Fsp3) is 0.208. The number of amides is 1. The molecule has 4 rings (SSSR count). The van der Waals surface area contributed by atoms with Gasteiger partial charge in [-0.3, -0.25) is 9.78 Å². The molecule has 0 radical (unpaired) electrons. The zero-order valence-corrected chi connectivity index (χ0v) is 16.2. The largest absolute Gasteiger partial charge is 0.455 e. The van der Waals surface area contributed by atoms with E-state index in [-0.39, 0.29) is 5.91 Å². The van der Waals surface area contributed by atoms with E-state index in [1.165, 1.54) is 6.08 Å². The van der Waals surface area contributed by atoms with Gasteiger partial charge in [0.1, 0.15) is 6.10 Å². The molecule has 0 aliphatic carbocycles. The van der Waals surface area contributed by atoms with Crippen molar-refractivity contribution >= 4 is 34.5 Å². The molecule has 0 spiro atoms. The molecule has 29 heavy (non-hydrogen) atoms. The van der Waals surface area contributed by atoms with Gasteiger partial charge in [-0.15, -0.1) is 0 Å². The highest BCUT2D eigenvalue weighted by atomic mass is 16.5. The Labute approximate surface area is 169 Å². The van der Waals surface area contributed by atoms with Gasteiger partial charge < -0.3 is 9.64 Å². The van der Waals surface area contributed by atoms with Crippen LogP contribution >= 0.6 is 0 Å². The van der Waals surface area contributed by atoms with Crippen molar-refractivity contribution in [2.75, 3.05) is 11.4 Å². The quantitative estimate of drug-likeness (QED) is 0.472. The Morgan fingerprint density at radius 3 is 2.72 bits per heavy atom. The molecule has 0 N–H and O–H groups in total. The minimum Gasteiger partial charge on any atom is -0.455 e. The predicted octanol–water partition coefficient (Wildman–Crippen LogP) is 4.68. The lowest BCUT2D eigenvalue weighted by molar-refractivity contribution is -0.142. The Bertz CT molecular complexity index is 1070. The second-order valence-electron chi connectivity index (χ2n) is 7.11. The summed E-state index contributed by atoms with van der Waals surface area (Å²) in [5, 5.41) is 1.01. The van der Waals surface area contributed by atoms with Crippen LogP contribution in [0.5, 0.6) is 0 Å². The summed E-state index contributed by atoms with van der Waals surface area (Å²) in [5.41, 5.74) is 3.53. The Hall–Kier alpha value is -3.47. The van der Waals surface area contributed by atoms with Crippen LogP contribution in [0.2, 0.25) is 0 Å². The van der Waals surface area contributed by atoms with E-state index in [2.05, 4.69) is 4.98 Å². The van der Waals surface area contributed by atoms with Gasteiger partial charge in [0, 0.05) is 41.9 Å². The van der Waals surface area contributed by atoms with Gasteiger partial charge in [-0.1, -0.05) is 30.3 Å². The van der Waals surface area contributed by atoms with Crippen LogP contribution < -0.4 is 4.90 Å². The third kappa shape index (κ3) is 4.35. The van der Waals surface area contributed by atoms with Crippen LogP contribution in [0.1, 0.15) is 37.0 Å². The first-order valence-corrected chi connectivity index (χ1v) is 9.74. The SMILES string of the molecule is CC(OC(=O)/C=C/c1ccc(N2CCCC2=O)cc1)c1cnc2ccccc2c1. The number of pyridine rings is 1. The number of anilines is 1. The standard InChI is InChI=1S/C24H22N2O3/c1-17(20-15-19-5-2-3-6-22(19)25-16-20)29-24(28)13-10-18-8-11-21(12-9-18)26-14-4-7-23(26)27/h2-3,5-6,8-13,15-17H,4,7,14H2,1H3/b13-10+. The molecule has 5 heteroatoms. The smallest absolute Gasteiger partial charge is 0.331 e. The van der Waals surface area contributed by atoms with E-state index in [1.807, 2.05) is 61.5 Å². The molecule has 5 nitrogen and oxygen atoms in total. The minimum atomic E-state index is -0.413. The highest BCUT2D eigenvalue weighted by Gasteiger charge is 2.21. The maximum Gasteiger partial charge on any atom is 0.331 e. The fourth-order valence-corrected chi connectivity index (χ4v) is 3.44. The number of ether oxygens (including phenoxy) is 1. The zero-order chi connectivity index (χ0) is 20.2. The first kappa shape index (κ1) is 18.9. The molecule has 2 heterocycles. The van der Waals surface area contributed by atoms with Gasteiger partial charge in [0.25, 0.3) is 0 Å². The lowest BCUT2D eigenvalue weighted by atomic mass is 10.1. The van der Waals surface area contributed by atoms with Crippen LogP contribution in [0.25, 0.3) is 17.0 Å². The van der Waals surface area contributed by atoms with E-state index in [9.17, 15) is 9.59 Å². The van der Waals surface area contributed by atoms with Gasteiger partial charge in [-0.2, -0.15) is 0 Å². The van der Waals surface area contributed by atoms with Gasteiger partial charge in [0.2, 0.25) is 5.91 Å². The lowest BCUT2D eigenvalue weighted by Crippen LogP contribution is -2.23. The Balaban J connectivity index is 1.38. The number of rotatable bonds is 5. The average Bonchev–Trinajstić information content (AvgIpc) is 3.18. The number of aromatic nitrogens is 1. The summed E-state index contributed by atoms with van der Waals surface area (Å²) >= 11 is 0. The molecule has 1 aliphatic heterocycles. The monoisotopic (exact) mass is 386 g/mol. The molecule has 1 atom stereocenters. The number of fused-ring (bicyclic) bond motifs is 1. The summed E-state index contributed by atoms with van der Waals surface area (Å²) in [6.07, 6.45) is 5.98. The number of benzene rings is 2. The zero-order valence-electron chi connectivity index (χ0n) is 16.2. The first-order chi connectivity index (χ1) is 14.1. The number of carbonyl (C=O) groups excluding carboxylic acids is 2. The van der Waals surface area contributed by atoms with E-state index in [0.29, 0.717) is 6.42 Å². The molecule has 0 saturated carbocycles. The van der Waals surface area contributed by atoms with Gasteiger partial charge >= 0.3 is 5.97 Å². The van der Waals surface area contributed by atoms with Crippen LogP contribution in [0.4, 0.5) is 5.69 Å². The van der Waals surface area contributed by atoms with Crippen LogP contribution in [0, 0.1) is 0 Å². The topological polar surface area (TPSA) is 59.5 Å². The molecule has 3 aromatic rings. The van der Waals surface area contributed by atoms with Crippen molar-refractivity contribution in [2.45, 2.75) is 25.9 Å². The third-order valence-electron chi connectivity index (χ3n) is 5.06. The van der Waals surface area contributed by atoms with E-state index >= 15 is 0 Å². The highest BCUT2D eigenvalue weighted by molar-refractivity contribution is 5.95. The van der Waals surface area contributed by atoms with E-state index in [0.717, 1.165) is 40.7 Å². The third-order valence-corrected chi connectivity index (χ3v) is 5.06. The molecule has 1 amide bonds. The molecular weight excluding hydrogens is 364 g/mol. The fourth-order valence-electron chi connectivity index (χ4n) is 3.44. The molecule has 1 saturated heterocycles. The van der Waals surface area contributed by atoms with Gasteiger partial charge in [-0.25, -0.2) is 4.79 Å². The maximum atomic E-state index is 12.2. The molecule has 1 aliphatic rings. The number of esters is 1. The molecule has 2 aromatic carbocycles. The minimum absolute atomic E-state index is 0.161. The summed E-state index contributed by atoms with van der Waals surface area (Å²) in [6.45, 7) is 2.60. The molecular formula is C24H22N2O3. The number of carbonyl (C=O) groups is 2. The van der Waals surface area contributed by atoms with Crippen LogP contribution in [-0.2, 0) is 14.3 Å². The summed E-state index contributed by atoms with van der Waals surface area (Å²) < 4.78 is 5.51. The Morgan fingerprint density at radius 1 is 1.17 bits per heavy atom. The first-order valence-electron chi connectivity index (χ1n) is 9.74. The lowest BCUT2D eigenvalue weighted by Gasteiger charge is -2.15. The molecule has 146 valence electrons. The van der Waals surface area contributed by atoms with Crippen molar-refractivity contribution in [1.82, 2.24) is 4.98 Å². The summed E-state index contributed by atoms with van der Waals surface area (Å²) in [6, 6.07) is 17.4. The van der Waals surface area contributed by atoms with Crippen LogP contribution in [0.3, 0.4) is 0 Å². The second kappa shape index (κ2) is 8.27. The van der Waals surface area contributed by atoms with Crippen molar-refractivity contribution in [3.63, 3.8) is 0 Å². The molecule has 1 unspecified atom stereocenters. The summed E-state index contributed by atoms with van der Waals surface area (Å²) in [7, 11) is 0. The van der Waals surface area contributed by atoms with Crippen LogP contribution in [0.15, 0.2) is 66.9 Å². The number of hydrogen-bond donors (Lipinski definition) is 0. The Morgan fingerprint density at radius 2 is 1.97 bits per heavy atom. The van der Waals surface area contributed by atoms with Gasteiger partial charge in [0.15, 0.2) is 0 Å². The van der Waals surface area contributed by atoms with Gasteiger partial charge in [0.05, 0.1) is 5.52 Å². The number of nitrogens with zero attached hydrogens (tertiary/aromatic N) is 2. The Kier molecular flexibility index (Phi) is 5.38. The van der Waals surface area contributed by atoms with E-state index < -0.39 is 12.1 Å². The second-order valence-corrected chi connectivity index (χ2v) is 7.11. The van der Waals surface area contributed by atoms with E-state index in [1.54, 1.807) is 17.2 Å². The van der Waals surface area contributed by atoms with Crippen molar-refractivity contribution in [1.29, 1.82) is 0 Å². The molecule has 0 bridgehead atoms.